The van der Waals surface area contributed by atoms with Crippen molar-refractivity contribution in [3.63, 3.8) is 0 Å². The standard InChI is InChI=1S/C16H18O6.C16H16O6.B.Na.H/c2*1-22-15-5-3-9(6-12(15)19)2-4-11(18)16-13(20)7-10(17)8-14(16)21;;;/h3,5-8,11,17-21H,2,4H2,1H3;3,5-8,17,19-21H,2,4H2,1H3;;;/q;;;+1;-1. The quantitative estimate of drug-likeness (QED) is 0.0880. The number of benzene rings is 4. The number of aryl methyl sites for hydroxylation is 2. The molecule has 239 valence electrons. The summed E-state index contributed by atoms with van der Waals surface area (Å²) in [6.45, 7) is 0. The van der Waals surface area contributed by atoms with Crippen LogP contribution < -0.4 is 39.0 Å². The van der Waals surface area contributed by atoms with E-state index in [0.717, 1.165) is 29.8 Å². The fourth-order valence-electron chi connectivity index (χ4n) is 4.45. The van der Waals surface area contributed by atoms with E-state index in [-0.39, 0.29) is 97.9 Å². The Morgan fingerprint density at radius 3 is 1.48 bits per heavy atom. The second-order valence-corrected chi connectivity index (χ2v) is 9.75. The second kappa shape index (κ2) is 17.9. The van der Waals surface area contributed by atoms with Crippen LogP contribution in [0.1, 0.15) is 47.4 Å². The van der Waals surface area contributed by atoms with Gasteiger partial charge in [-0.05, 0) is 54.7 Å². The molecule has 0 spiro atoms. The zero-order valence-corrected chi connectivity index (χ0v) is 27.5. The zero-order chi connectivity index (χ0) is 32.6. The first-order chi connectivity index (χ1) is 20.8. The summed E-state index contributed by atoms with van der Waals surface area (Å²) in [4.78, 5) is 12.1. The maximum atomic E-state index is 12.1. The van der Waals surface area contributed by atoms with Gasteiger partial charge in [0.1, 0.15) is 40.1 Å². The number of Topliss-reactive ketones (excluding diaryl/α,β-unsaturated/α-hetero) is 1. The van der Waals surface area contributed by atoms with Crippen LogP contribution in [-0.2, 0) is 12.8 Å². The number of hydrogen-bond donors (Lipinski definition) is 9. The summed E-state index contributed by atoms with van der Waals surface area (Å²) in [7, 11) is 2.89. The maximum absolute atomic E-state index is 12.1. The first kappa shape index (κ1) is 39.6. The molecular weight excluding hydrogens is 610 g/mol. The summed E-state index contributed by atoms with van der Waals surface area (Å²) < 4.78 is 9.88. The molecule has 4 aromatic rings. The van der Waals surface area contributed by atoms with Crippen molar-refractivity contribution in [2.45, 2.75) is 31.8 Å². The normalized spacial score (nSPS) is 10.8. The van der Waals surface area contributed by atoms with Crippen LogP contribution in [0.3, 0.4) is 0 Å². The van der Waals surface area contributed by atoms with E-state index in [1.54, 1.807) is 24.3 Å². The summed E-state index contributed by atoms with van der Waals surface area (Å²) in [6, 6.07) is 13.8. The largest absolute Gasteiger partial charge is 1.00 e. The number of phenolic OH excluding ortho intramolecular Hbond substituents is 8. The van der Waals surface area contributed by atoms with E-state index in [1.807, 2.05) is 0 Å². The van der Waals surface area contributed by atoms with Gasteiger partial charge in [0, 0.05) is 39.1 Å². The fourth-order valence-corrected chi connectivity index (χ4v) is 4.45. The minimum absolute atomic E-state index is 0. The number of aliphatic hydroxyl groups is 1. The van der Waals surface area contributed by atoms with Crippen LogP contribution in [0.5, 0.6) is 57.5 Å². The second-order valence-electron chi connectivity index (χ2n) is 9.75. The molecule has 46 heavy (non-hydrogen) atoms. The van der Waals surface area contributed by atoms with Crippen molar-refractivity contribution < 1.29 is 91.2 Å². The van der Waals surface area contributed by atoms with Crippen LogP contribution in [0, 0.1) is 0 Å². The van der Waals surface area contributed by atoms with Crippen molar-refractivity contribution in [3.05, 3.63) is 82.9 Å². The predicted molar refractivity (Wildman–Crippen MR) is 165 cm³/mol. The molecule has 3 radical (unpaired) electrons. The van der Waals surface area contributed by atoms with Gasteiger partial charge in [-0.25, -0.2) is 0 Å². The number of ketones is 1. The Kier molecular flexibility index (Phi) is 15.4. The number of ether oxygens (including phenoxy) is 2. The minimum atomic E-state index is -1.11. The molecule has 0 heterocycles. The molecule has 0 saturated carbocycles. The van der Waals surface area contributed by atoms with Gasteiger partial charge in [0.05, 0.1) is 25.9 Å². The third-order valence-corrected chi connectivity index (χ3v) is 6.65. The van der Waals surface area contributed by atoms with E-state index < -0.39 is 23.4 Å². The van der Waals surface area contributed by atoms with E-state index in [9.17, 15) is 50.8 Å². The Hall–Kier alpha value is -4.43. The van der Waals surface area contributed by atoms with Gasteiger partial charge < -0.3 is 56.9 Å². The molecule has 0 saturated heterocycles. The number of phenols is 8. The predicted octanol–water partition coefficient (Wildman–Crippen LogP) is 1.25. The number of hydrogen-bond acceptors (Lipinski definition) is 12. The van der Waals surface area contributed by atoms with Crippen molar-refractivity contribution >= 4 is 14.2 Å². The van der Waals surface area contributed by atoms with Crippen LogP contribution in [-0.4, -0.2) is 74.4 Å². The average molecular weight is 645 g/mol. The van der Waals surface area contributed by atoms with Crippen molar-refractivity contribution in [1.29, 1.82) is 0 Å². The van der Waals surface area contributed by atoms with Crippen LogP contribution in [0.2, 0.25) is 0 Å². The molecule has 1 unspecified atom stereocenters. The average Bonchev–Trinajstić information content (AvgIpc) is 2.94. The Balaban J connectivity index is 0.000000846. The van der Waals surface area contributed by atoms with Crippen molar-refractivity contribution in [3.8, 4) is 57.5 Å². The minimum Gasteiger partial charge on any atom is -1.00 e. The Bertz CT molecular complexity index is 1590. The Morgan fingerprint density at radius 2 is 1.07 bits per heavy atom. The number of rotatable bonds is 10. The molecule has 12 nitrogen and oxygen atoms in total. The molecule has 0 amide bonds. The first-order valence-corrected chi connectivity index (χ1v) is 13.3. The SMILES string of the molecule is COc1ccc(CCC(=O)c2c(O)cc(O)cc2O)cc1O.COc1ccc(CCC(O)c2c(O)cc(O)cc2O)cc1O.[B].[H-].[Na+]. The van der Waals surface area contributed by atoms with Gasteiger partial charge in [-0.3, -0.25) is 4.79 Å². The number of aromatic hydroxyl groups is 8. The van der Waals surface area contributed by atoms with Gasteiger partial charge in [-0.2, -0.15) is 0 Å². The van der Waals surface area contributed by atoms with Crippen LogP contribution in [0.15, 0.2) is 60.7 Å². The van der Waals surface area contributed by atoms with Crippen molar-refractivity contribution in [2.75, 3.05) is 14.2 Å². The zero-order valence-electron chi connectivity index (χ0n) is 26.5. The summed E-state index contributed by atoms with van der Waals surface area (Å²) in [5.41, 5.74) is 1.23. The number of aliphatic hydroxyl groups excluding tert-OH is 1. The number of methoxy groups -OCH3 is 2. The van der Waals surface area contributed by atoms with Crippen LogP contribution in [0.4, 0.5) is 0 Å². The summed E-state index contributed by atoms with van der Waals surface area (Å²) in [6.07, 6.45) is -0.130. The smallest absolute Gasteiger partial charge is 1.00 e. The topological polar surface area (TPSA) is 218 Å². The molecule has 0 aliphatic rings. The maximum Gasteiger partial charge on any atom is 1.00 e. The van der Waals surface area contributed by atoms with E-state index in [4.69, 9.17) is 9.47 Å². The molecule has 9 N–H and O–H groups in total. The van der Waals surface area contributed by atoms with Gasteiger partial charge in [-0.1, -0.05) is 12.1 Å². The van der Waals surface area contributed by atoms with E-state index in [2.05, 4.69) is 0 Å². The molecule has 0 fully saturated rings. The third-order valence-electron chi connectivity index (χ3n) is 6.65. The molecule has 1 atom stereocenters. The molecule has 14 heteroatoms. The summed E-state index contributed by atoms with van der Waals surface area (Å²) in [5.74, 6) is -2.09. The Labute approximate surface area is 290 Å². The fraction of sp³-hybridized carbons (Fsp3) is 0.219. The summed E-state index contributed by atoms with van der Waals surface area (Å²) in [5, 5.41) is 86.7. The molecule has 0 aromatic heterocycles. The molecular formula is C32H35BNaO12. The van der Waals surface area contributed by atoms with Crippen LogP contribution >= 0.6 is 0 Å². The van der Waals surface area contributed by atoms with E-state index in [1.165, 1.54) is 26.4 Å². The van der Waals surface area contributed by atoms with Gasteiger partial charge >= 0.3 is 29.6 Å². The van der Waals surface area contributed by atoms with Crippen molar-refractivity contribution in [2.24, 2.45) is 0 Å². The molecule has 4 aromatic carbocycles. The summed E-state index contributed by atoms with van der Waals surface area (Å²) >= 11 is 0. The monoisotopic (exact) mass is 645 g/mol. The van der Waals surface area contributed by atoms with Gasteiger partial charge in [-0.15, -0.1) is 0 Å². The first-order valence-electron chi connectivity index (χ1n) is 13.3. The van der Waals surface area contributed by atoms with Crippen LogP contribution in [0.25, 0.3) is 0 Å². The van der Waals surface area contributed by atoms with Gasteiger partial charge in [0.15, 0.2) is 28.8 Å². The molecule has 0 bridgehead atoms. The number of carbonyl (C=O) groups excluding carboxylic acids is 1. The van der Waals surface area contributed by atoms with E-state index in [0.29, 0.717) is 29.9 Å². The number of carbonyl (C=O) groups is 1. The van der Waals surface area contributed by atoms with Crippen molar-refractivity contribution in [1.82, 2.24) is 0 Å². The third kappa shape index (κ3) is 10.3. The Morgan fingerprint density at radius 1 is 0.652 bits per heavy atom. The van der Waals surface area contributed by atoms with E-state index >= 15 is 0 Å². The molecule has 0 aliphatic carbocycles. The van der Waals surface area contributed by atoms with Gasteiger partial charge in [0.25, 0.3) is 0 Å². The molecule has 4 rings (SSSR count). The van der Waals surface area contributed by atoms with Gasteiger partial charge in [0.2, 0.25) is 0 Å². The molecule has 0 aliphatic heterocycles.